The fraction of sp³-hybridized carbons (Fsp3) is 0.333. The molecule has 2 atom stereocenters. The maximum Gasteiger partial charge on any atom is 0.273 e. The number of aromatic nitrogens is 3. The normalized spacial score (nSPS) is 13.3. The number of carbonyl (C=O) groups is 1. The second kappa shape index (κ2) is 11.9. The van der Waals surface area contributed by atoms with Crippen LogP contribution in [0, 0.1) is 0 Å². The van der Waals surface area contributed by atoms with Crippen LogP contribution in [0.2, 0.25) is 0 Å². The van der Waals surface area contributed by atoms with Crippen LogP contribution < -0.4 is 15.4 Å². The van der Waals surface area contributed by atoms with Crippen LogP contribution in [0.1, 0.15) is 53.7 Å². The van der Waals surface area contributed by atoms with Gasteiger partial charge in [-0.3, -0.25) is 14.6 Å². The number of aliphatic hydroxyl groups is 1. The Bertz CT molecular complexity index is 1560. The van der Waals surface area contributed by atoms with E-state index in [1.165, 1.54) is 12.1 Å². The van der Waals surface area contributed by atoms with Crippen molar-refractivity contribution in [1.29, 1.82) is 0 Å². The summed E-state index contributed by atoms with van der Waals surface area (Å²) in [6, 6.07) is 13.9. The third-order valence-corrected chi connectivity index (χ3v) is 6.81. The molecule has 2 aromatic heterocycles. The van der Waals surface area contributed by atoms with Crippen molar-refractivity contribution in [3.8, 4) is 5.75 Å². The molecule has 0 saturated carbocycles. The summed E-state index contributed by atoms with van der Waals surface area (Å²) in [5.74, 6) is -0.00347. The molecule has 2 aromatic carbocycles. The van der Waals surface area contributed by atoms with E-state index in [4.69, 9.17) is 0 Å². The predicted molar refractivity (Wildman–Crippen MR) is 152 cm³/mol. The summed E-state index contributed by atoms with van der Waals surface area (Å²) in [5, 5.41) is 34.6. The highest BCUT2D eigenvalue weighted by atomic mass is 32.2. The lowest BCUT2D eigenvalue weighted by Crippen LogP contribution is -2.32. The van der Waals surface area contributed by atoms with E-state index < -0.39 is 16.1 Å². The Hall–Kier alpha value is -3.87. The predicted octanol–water partition coefficient (Wildman–Crippen LogP) is 3.43. The maximum absolute atomic E-state index is 12.7. The van der Waals surface area contributed by atoms with Crippen LogP contribution in [0.4, 0.5) is 11.5 Å². The molecule has 39 heavy (non-hydrogen) atoms. The quantitative estimate of drug-likeness (QED) is 0.131. The van der Waals surface area contributed by atoms with E-state index in [9.17, 15) is 23.4 Å². The Balaban J connectivity index is 1.34. The van der Waals surface area contributed by atoms with Crippen LogP contribution in [-0.4, -0.2) is 58.6 Å². The van der Waals surface area contributed by atoms with E-state index in [1.54, 1.807) is 6.07 Å². The molecule has 0 fully saturated rings. The number of aromatic hydroxyl groups is 1. The van der Waals surface area contributed by atoms with Crippen LogP contribution >= 0.6 is 0 Å². The highest BCUT2D eigenvalue weighted by Crippen LogP contribution is 2.28. The van der Waals surface area contributed by atoms with Gasteiger partial charge in [0.05, 0.1) is 18.0 Å². The lowest BCUT2D eigenvalue weighted by atomic mass is 10.0. The molecular weight excluding hydrogens is 520 g/mol. The van der Waals surface area contributed by atoms with Crippen LogP contribution in [0.25, 0.3) is 10.9 Å². The largest absolute Gasteiger partial charge is 0.506 e. The van der Waals surface area contributed by atoms with E-state index in [-0.39, 0.29) is 29.9 Å². The van der Waals surface area contributed by atoms with Crippen LogP contribution in [0.3, 0.4) is 0 Å². The lowest BCUT2D eigenvalue weighted by Gasteiger charge is -2.18. The number of nitrogens with one attached hydrogen (secondary N) is 5. The lowest BCUT2D eigenvalue weighted by molar-refractivity contribution is 0.102. The monoisotopic (exact) mass is 554 g/mol. The molecule has 0 aliphatic heterocycles. The number of fused-ring (bicyclic) bond motifs is 1. The SMILES string of the molecule is CCCc1cc(NC(=O)c2cc3cc(C[C@@H](C)NC[C@H](O)c4ccc(O)c(NS(C)(=O)=O)c4)ccc3[nH]2)n[nH]1. The number of amides is 1. The van der Waals surface area contributed by atoms with Crippen molar-refractivity contribution in [3.05, 3.63) is 71.0 Å². The number of aromatic amines is 2. The number of aryl methyl sites for hydroxylation is 1. The zero-order chi connectivity index (χ0) is 28.2. The number of benzene rings is 2. The van der Waals surface area contributed by atoms with E-state index in [0.717, 1.165) is 41.3 Å². The minimum absolute atomic E-state index is 0.0144. The van der Waals surface area contributed by atoms with Gasteiger partial charge in [0, 0.05) is 35.2 Å². The minimum atomic E-state index is -3.57. The van der Waals surface area contributed by atoms with E-state index >= 15 is 0 Å². The van der Waals surface area contributed by atoms with Crippen LogP contribution in [0.5, 0.6) is 5.75 Å². The van der Waals surface area contributed by atoms with Crippen molar-refractivity contribution in [1.82, 2.24) is 20.5 Å². The Labute approximate surface area is 227 Å². The fourth-order valence-electron chi connectivity index (χ4n) is 4.34. The summed E-state index contributed by atoms with van der Waals surface area (Å²) >= 11 is 0. The topological polar surface area (TPSA) is 172 Å². The van der Waals surface area contributed by atoms with E-state index in [2.05, 4.69) is 37.5 Å². The summed E-state index contributed by atoms with van der Waals surface area (Å²) < 4.78 is 25.3. The molecule has 4 rings (SSSR count). The summed E-state index contributed by atoms with van der Waals surface area (Å²) in [4.78, 5) is 15.9. The zero-order valence-corrected chi connectivity index (χ0v) is 22.9. The standard InChI is InChI=1S/C27H34N6O5S/c1-4-5-20-14-26(32-31-20)30-27(36)23-13-19-11-17(6-8-21(19)29-23)10-16(2)28-15-25(35)18-7-9-24(34)22(12-18)33-39(3,37)38/h6-9,11-14,16,25,28-29,33-35H,4-5,10,15H2,1-3H3,(H2,30,31,32,36)/t16-,25+/m1/s1. The number of hydrogen-bond acceptors (Lipinski definition) is 7. The molecule has 0 radical (unpaired) electrons. The zero-order valence-electron chi connectivity index (χ0n) is 22.1. The fourth-order valence-corrected chi connectivity index (χ4v) is 4.90. The summed E-state index contributed by atoms with van der Waals surface area (Å²) in [5.41, 5.74) is 3.80. The van der Waals surface area contributed by atoms with Crippen molar-refractivity contribution >= 4 is 38.3 Å². The van der Waals surface area contributed by atoms with Gasteiger partial charge in [0.25, 0.3) is 5.91 Å². The highest BCUT2D eigenvalue weighted by Gasteiger charge is 2.15. The number of phenols is 1. The van der Waals surface area contributed by atoms with Crippen molar-refractivity contribution in [2.75, 3.05) is 22.8 Å². The molecule has 4 aromatic rings. The van der Waals surface area contributed by atoms with Gasteiger partial charge in [-0.1, -0.05) is 25.5 Å². The smallest absolute Gasteiger partial charge is 0.273 e. The average molecular weight is 555 g/mol. The molecular formula is C27H34N6O5S. The molecule has 11 nitrogen and oxygen atoms in total. The number of H-pyrrole nitrogens is 2. The number of nitrogens with zero attached hydrogens (tertiary/aromatic N) is 1. The molecule has 0 aliphatic rings. The van der Waals surface area contributed by atoms with Crippen LogP contribution in [0.15, 0.2) is 48.5 Å². The Morgan fingerprint density at radius 2 is 1.92 bits per heavy atom. The second-order valence-electron chi connectivity index (χ2n) is 9.77. The minimum Gasteiger partial charge on any atom is -0.506 e. The van der Waals surface area contributed by atoms with Crippen molar-refractivity contribution in [2.45, 2.75) is 45.3 Å². The summed E-state index contributed by atoms with van der Waals surface area (Å²) in [6.45, 7) is 4.30. The van der Waals surface area contributed by atoms with Crippen LogP contribution in [-0.2, 0) is 22.9 Å². The number of sulfonamides is 1. The van der Waals surface area contributed by atoms with Crippen molar-refractivity contribution in [2.24, 2.45) is 0 Å². The number of phenolic OH excluding ortho intramolecular Hbond substituents is 1. The van der Waals surface area contributed by atoms with Crippen molar-refractivity contribution in [3.63, 3.8) is 0 Å². The van der Waals surface area contributed by atoms with Gasteiger partial charge in [-0.2, -0.15) is 5.10 Å². The van der Waals surface area contributed by atoms with E-state index in [0.29, 0.717) is 23.5 Å². The van der Waals surface area contributed by atoms with Gasteiger partial charge in [-0.25, -0.2) is 8.42 Å². The molecule has 12 heteroatoms. The average Bonchev–Trinajstić information content (AvgIpc) is 3.50. The first-order valence-electron chi connectivity index (χ1n) is 12.7. The van der Waals surface area contributed by atoms with Gasteiger partial charge in [-0.15, -0.1) is 0 Å². The second-order valence-corrected chi connectivity index (χ2v) is 11.5. The number of rotatable bonds is 12. The van der Waals surface area contributed by atoms with Gasteiger partial charge in [0.1, 0.15) is 11.4 Å². The van der Waals surface area contributed by atoms with Gasteiger partial charge in [-0.05, 0) is 61.2 Å². The Kier molecular flexibility index (Phi) is 8.58. The third kappa shape index (κ3) is 7.59. The number of anilines is 2. The van der Waals surface area contributed by atoms with Gasteiger partial charge < -0.3 is 25.8 Å². The summed E-state index contributed by atoms with van der Waals surface area (Å²) in [7, 11) is -3.57. The molecule has 7 N–H and O–H groups in total. The van der Waals surface area contributed by atoms with Gasteiger partial charge in [0.15, 0.2) is 5.82 Å². The number of carbonyl (C=O) groups excluding carboxylic acids is 1. The Morgan fingerprint density at radius 1 is 1.13 bits per heavy atom. The highest BCUT2D eigenvalue weighted by molar-refractivity contribution is 7.92. The first-order chi connectivity index (χ1) is 18.5. The first-order valence-corrected chi connectivity index (χ1v) is 14.6. The molecule has 1 amide bonds. The molecule has 0 aliphatic carbocycles. The number of aliphatic hydroxyl groups excluding tert-OH is 1. The molecule has 0 bridgehead atoms. The molecule has 208 valence electrons. The van der Waals surface area contributed by atoms with E-state index in [1.807, 2.05) is 37.3 Å². The Morgan fingerprint density at radius 3 is 2.67 bits per heavy atom. The molecule has 0 saturated heterocycles. The molecule has 0 spiro atoms. The summed E-state index contributed by atoms with van der Waals surface area (Å²) in [6.07, 6.45) is 2.61. The van der Waals surface area contributed by atoms with Crippen molar-refractivity contribution < 1.29 is 23.4 Å². The van der Waals surface area contributed by atoms with Gasteiger partial charge >= 0.3 is 0 Å². The van der Waals surface area contributed by atoms with Gasteiger partial charge in [0.2, 0.25) is 10.0 Å². The first kappa shape index (κ1) is 28.1. The maximum atomic E-state index is 12.7. The third-order valence-electron chi connectivity index (χ3n) is 6.22. The number of hydrogen-bond donors (Lipinski definition) is 7. The molecule has 2 heterocycles. The molecule has 0 unspecified atom stereocenters.